The molecule has 1 aromatic heterocycles. The highest BCUT2D eigenvalue weighted by atomic mass is 35.5. The minimum absolute atomic E-state index is 0. The summed E-state index contributed by atoms with van der Waals surface area (Å²) in [6.07, 6.45) is 2.74. The number of methoxy groups -OCH3 is 1. The SMILES string of the molecule is COc1cc(C2CCCc3nc(SCc4c(F)cccc4Cl)n(-c4ccc(F)cc4)c32)ccc1Cl.Cl. The summed E-state index contributed by atoms with van der Waals surface area (Å²) in [6, 6.07) is 16.9. The molecule has 1 atom stereocenters. The average molecular weight is 568 g/mol. The molecule has 0 saturated heterocycles. The summed E-state index contributed by atoms with van der Waals surface area (Å²) in [6.45, 7) is 0. The summed E-state index contributed by atoms with van der Waals surface area (Å²) < 4.78 is 35.8. The van der Waals surface area contributed by atoms with Gasteiger partial charge in [0.05, 0.1) is 23.5 Å². The summed E-state index contributed by atoms with van der Waals surface area (Å²) in [5.41, 5.74) is 4.35. The zero-order valence-corrected chi connectivity index (χ0v) is 22.5. The van der Waals surface area contributed by atoms with Gasteiger partial charge in [0, 0.05) is 27.9 Å². The van der Waals surface area contributed by atoms with Crippen molar-refractivity contribution in [3.8, 4) is 11.4 Å². The van der Waals surface area contributed by atoms with Crippen LogP contribution >= 0.6 is 47.4 Å². The Morgan fingerprint density at radius 1 is 1.06 bits per heavy atom. The van der Waals surface area contributed by atoms with Crippen molar-refractivity contribution >= 4 is 47.4 Å². The molecule has 1 unspecified atom stereocenters. The van der Waals surface area contributed by atoms with Crippen LogP contribution < -0.4 is 4.74 Å². The molecule has 0 saturated carbocycles. The van der Waals surface area contributed by atoms with Gasteiger partial charge in [-0.05, 0) is 73.4 Å². The molecule has 0 bridgehead atoms. The second-order valence-electron chi connectivity index (χ2n) is 8.37. The van der Waals surface area contributed by atoms with Gasteiger partial charge in [0.2, 0.25) is 0 Å². The minimum Gasteiger partial charge on any atom is -0.495 e. The molecule has 0 N–H and O–H groups in total. The molecule has 1 aliphatic carbocycles. The zero-order valence-electron chi connectivity index (χ0n) is 19.3. The normalized spacial score (nSPS) is 14.8. The molecule has 4 aromatic rings. The predicted octanol–water partition coefficient (Wildman–Crippen LogP) is 8.65. The first-order valence-electron chi connectivity index (χ1n) is 11.2. The Kier molecular flexibility index (Phi) is 8.51. The van der Waals surface area contributed by atoms with E-state index in [1.165, 1.54) is 30.0 Å². The third kappa shape index (κ3) is 5.23. The fourth-order valence-electron chi connectivity index (χ4n) is 4.57. The second-order valence-corrected chi connectivity index (χ2v) is 10.1. The molecule has 0 spiro atoms. The molecule has 36 heavy (non-hydrogen) atoms. The number of hydrogen-bond donors (Lipinski definition) is 0. The number of halogens is 5. The molecule has 0 amide bonds. The van der Waals surface area contributed by atoms with Crippen molar-refractivity contribution in [2.24, 2.45) is 0 Å². The number of imidazole rings is 1. The highest BCUT2D eigenvalue weighted by molar-refractivity contribution is 7.98. The summed E-state index contributed by atoms with van der Waals surface area (Å²) in [5.74, 6) is 0.332. The Morgan fingerprint density at radius 3 is 2.56 bits per heavy atom. The van der Waals surface area contributed by atoms with Crippen LogP contribution in [0, 0.1) is 11.6 Å². The molecule has 9 heteroatoms. The fraction of sp³-hybridized carbons (Fsp3) is 0.222. The van der Waals surface area contributed by atoms with Gasteiger partial charge >= 0.3 is 0 Å². The Morgan fingerprint density at radius 2 is 1.83 bits per heavy atom. The number of fused-ring (bicyclic) bond motifs is 1. The molecule has 1 heterocycles. The van der Waals surface area contributed by atoms with Gasteiger partial charge < -0.3 is 4.74 Å². The Balaban J connectivity index is 0.00000304. The molecule has 0 aliphatic heterocycles. The first-order valence-corrected chi connectivity index (χ1v) is 13.0. The maximum Gasteiger partial charge on any atom is 0.173 e. The van der Waals surface area contributed by atoms with E-state index in [4.69, 9.17) is 32.9 Å². The molecular weight excluding hydrogens is 545 g/mol. The smallest absolute Gasteiger partial charge is 0.173 e. The fourth-order valence-corrected chi connectivity index (χ4v) is 6.15. The van der Waals surface area contributed by atoms with Gasteiger partial charge in [0.25, 0.3) is 0 Å². The van der Waals surface area contributed by atoms with E-state index in [0.717, 1.165) is 41.9 Å². The summed E-state index contributed by atoms with van der Waals surface area (Å²) in [5, 5.41) is 1.65. The number of hydrogen-bond acceptors (Lipinski definition) is 3. The van der Waals surface area contributed by atoms with Crippen LogP contribution in [0.1, 0.15) is 41.3 Å². The van der Waals surface area contributed by atoms with E-state index in [2.05, 4.69) is 4.57 Å². The lowest BCUT2D eigenvalue weighted by atomic mass is 9.84. The lowest BCUT2D eigenvalue weighted by Gasteiger charge is -2.26. The van der Waals surface area contributed by atoms with Crippen LogP contribution in [-0.2, 0) is 12.2 Å². The van der Waals surface area contributed by atoms with E-state index in [0.29, 0.717) is 32.3 Å². The topological polar surface area (TPSA) is 27.1 Å². The van der Waals surface area contributed by atoms with Crippen LogP contribution in [0.5, 0.6) is 5.75 Å². The van der Waals surface area contributed by atoms with E-state index >= 15 is 0 Å². The van der Waals surface area contributed by atoms with Crippen LogP contribution in [0.15, 0.2) is 65.8 Å². The standard InChI is InChI=1S/C27H22Cl2F2N2OS.ClH/c1-34-25-14-16(8-13-22(25)29)19-4-2-7-24-26(19)33(18-11-9-17(30)10-12-18)27(32-24)35-15-20-21(28)5-3-6-23(20)31;/h3,5-6,8-14,19H,2,4,7,15H2,1H3;1H. The molecule has 188 valence electrons. The van der Waals surface area contributed by atoms with Gasteiger partial charge in [-0.2, -0.15) is 0 Å². The van der Waals surface area contributed by atoms with Gasteiger partial charge in [0.1, 0.15) is 17.4 Å². The third-order valence-corrected chi connectivity index (χ3v) is 7.90. The summed E-state index contributed by atoms with van der Waals surface area (Å²) in [7, 11) is 1.60. The van der Waals surface area contributed by atoms with Gasteiger partial charge in [0.15, 0.2) is 5.16 Å². The lowest BCUT2D eigenvalue weighted by molar-refractivity contribution is 0.414. The maximum absolute atomic E-state index is 14.4. The van der Waals surface area contributed by atoms with E-state index in [-0.39, 0.29) is 30.0 Å². The Hall–Kier alpha value is -2.25. The van der Waals surface area contributed by atoms with Crippen molar-refractivity contribution in [1.29, 1.82) is 0 Å². The maximum atomic E-state index is 14.4. The number of rotatable bonds is 6. The van der Waals surface area contributed by atoms with Crippen molar-refractivity contribution in [1.82, 2.24) is 9.55 Å². The highest BCUT2D eigenvalue weighted by Crippen LogP contribution is 2.43. The lowest BCUT2D eigenvalue weighted by Crippen LogP contribution is -2.15. The monoisotopic (exact) mass is 566 g/mol. The summed E-state index contributed by atoms with van der Waals surface area (Å²) in [4.78, 5) is 4.97. The van der Waals surface area contributed by atoms with Crippen molar-refractivity contribution in [3.05, 3.63) is 105 Å². The molecule has 5 rings (SSSR count). The minimum atomic E-state index is -0.346. The van der Waals surface area contributed by atoms with Gasteiger partial charge in [-0.25, -0.2) is 13.8 Å². The number of nitrogens with zero attached hydrogens (tertiary/aromatic N) is 2. The van der Waals surface area contributed by atoms with Crippen LogP contribution in [0.2, 0.25) is 10.0 Å². The van der Waals surface area contributed by atoms with Crippen molar-refractivity contribution in [2.45, 2.75) is 36.1 Å². The molecule has 0 fully saturated rings. The van der Waals surface area contributed by atoms with E-state index in [1.807, 2.05) is 18.2 Å². The van der Waals surface area contributed by atoms with Gasteiger partial charge in [-0.1, -0.05) is 47.1 Å². The van der Waals surface area contributed by atoms with Crippen molar-refractivity contribution in [2.75, 3.05) is 7.11 Å². The van der Waals surface area contributed by atoms with Gasteiger partial charge in [-0.15, -0.1) is 12.4 Å². The van der Waals surface area contributed by atoms with Crippen LogP contribution in [0.25, 0.3) is 5.69 Å². The number of aryl methyl sites for hydroxylation is 1. The average Bonchev–Trinajstić information content (AvgIpc) is 3.23. The van der Waals surface area contributed by atoms with E-state index in [9.17, 15) is 8.78 Å². The Labute approximate surface area is 229 Å². The number of benzene rings is 3. The van der Waals surface area contributed by atoms with Crippen molar-refractivity contribution in [3.63, 3.8) is 0 Å². The van der Waals surface area contributed by atoms with Crippen LogP contribution in [-0.4, -0.2) is 16.7 Å². The molecular formula is C27H23Cl3F2N2OS. The highest BCUT2D eigenvalue weighted by Gasteiger charge is 2.30. The molecule has 3 nitrogen and oxygen atoms in total. The number of aromatic nitrogens is 2. The summed E-state index contributed by atoms with van der Waals surface area (Å²) >= 11 is 14.0. The molecule has 3 aromatic carbocycles. The van der Waals surface area contributed by atoms with E-state index < -0.39 is 0 Å². The number of thioether (sulfide) groups is 1. The zero-order chi connectivity index (χ0) is 24.5. The quantitative estimate of drug-likeness (QED) is 0.218. The van der Waals surface area contributed by atoms with Crippen molar-refractivity contribution < 1.29 is 13.5 Å². The second kappa shape index (κ2) is 11.4. The largest absolute Gasteiger partial charge is 0.495 e. The number of ether oxygens (including phenoxy) is 1. The predicted molar refractivity (Wildman–Crippen MR) is 145 cm³/mol. The Bertz CT molecular complexity index is 1360. The first kappa shape index (κ1) is 26.8. The third-order valence-electron chi connectivity index (χ3n) is 6.26. The molecule has 0 radical (unpaired) electrons. The van der Waals surface area contributed by atoms with Crippen LogP contribution in [0.4, 0.5) is 8.78 Å². The van der Waals surface area contributed by atoms with E-state index in [1.54, 1.807) is 31.4 Å². The van der Waals surface area contributed by atoms with Crippen LogP contribution in [0.3, 0.4) is 0 Å². The first-order chi connectivity index (χ1) is 17.0. The van der Waals surface area contributed by atoms with Gasteiger partial charge in [-0.3, -0.25) is 4.57 Å². The molecule has 1 aliphatic rings.